The lowest BCUT2D eigenvalue weighted by molar-refractivity contribution is 1.72. The zero-order valence-electron chi connectivity index (χ0n) is 7.22. The van der Waals surface area contributed by atoms with E-state index in [0.29, 0.717) is 0 Å². The molecule has 0 radical (unpaired) electrons. The molecule has 0 unspecified atom stereocenters. The summed E-state index contributed by atoms with van der Waals surface area (Å²) in [6, 6.07) is 13.0. The quantitative estimate of drug-likeness (QED) is 0.551. The van der Waals surface area contributed by atoms with Crippen molar-refractivity contribution in [1.29, 1.82) is 0 Å². The summed E-state index contributed by atoms with van der Waals surface area (Å²) < 4.78 is 2.77. The molecule has 0 spiro atoms. The third-order valence-corrected chi connectivity index (χ3v) is 5.84. The van der Waals surface area contributed by atoms with Gasteiger partial charge in [0.25, 0.3) is 0 Å². The van der Waals surface area contributed by atoms with Gasteiger partial charge in [0, 0.05) is 7.16 Å². The molecule has 0 aliphatic heterocycles. The molecule has 0 amide bonds. The van der Waals surface area contributed by atoms with Gasteiger partial charge in [-0.2, -0.15) is 0 Å². The first-order chi connectivity index (χ1) is 6.79. The fourth-order valence-corrected chi connectivity index (χ4v) is 3.42. The van der Waals surface area contributed by atoms with Crippen LogP contribution >= 0.6 is 45.2 Å². The molecule has 0 fully saturated rings. The summed E-state index contributed by atoms with van der Waals surface area (Å²) in [6.45, 7) is 0. The number of benzene rings is 2. The van der Waals surface area contributed by atoms with Crippen LogP contribution in [0.25, 0.3) is 17.9 Å². The Bertz CT molecular complexity index is 521. The molecular formula is C12H6I2. The maximum absolute atomic E-state index is 2.44. The first kappa shape index (κ1) is 9.15. The molecule has 1 aliphatic carbocycles. The van der Waals surface area contributed by atoms with Gasteiger partial charge in [0.1, 0.15) is 0 Å². The van der Waals surface area contributed by atoms with Crippen molar-refractivity contribution in [3.05, 3.63) is 47.5 Å². The summed E-state index contributed by atoms with van der Waals surface area (Å²) in [5.41, 5.74) is 2.78. The number of hydrogen-bond donors (Lipinski definition) is 0. The van der Waals surface area contributed by atoms with Crippen LogP contribution in [0.1, 0.15) is 11.1 Å². The first-order valence-corrected chi connectivity index (χ1v) is 6.52. The fraction of sp³-hybridized carbons (Fsp3) is 0. The lowest BCUT2D eigenvalue weighted by Gasteiger charge is -2.00. The molecular weight excluding hydrogens is 398 g/mol. The summed E-state index contributed by atoms with van der Waals surface area (Å²) in [5.74, 6) is 0. The van der Waals surface area contributed by atoms with Crippen LogP contribution in [0, 0.1) is 0 Å². The van der Waals surface area contributed by atoms with E-state index in [0.717, 1.165) is 0 Å². The average molecular weight is 404 g/mol. The van der Waals surface area contributed by atoms with Crippen LogP contribution in [0.4, 0.5) is 0 Å². The van der Waals surface area contributed by atoms with Crippen LogP contribution < -0.4 is 0 Å². The maximum Gasteiger partial charge on any atom is 0.0349 e. The minimum atomic E-state index is 1.35. The molecule has 68 valence electrons. The largest absolute Gasteiger partial charge is 0.0610 e. The van der Waals surface area contributed by atoms with E-state index in [4.69, 9.17) is 0 Å². The SMILES string of the molecule is IC1=C(I)c2cccc3cccc1c23. The lowest BCUT2D eigenvalue weighted by Crippen LogP contribution is -1.77. The molecule has 0 saturated heterocycles. The van der Waals surface area contributed by atoms with E-state index >= 15 is 0 Å². The Morgan fingerprint density at radius 1 is 0.714 bits per heavy atom. The van der Waals surface area contributed by atoms with Crippen molar-refractivity contribution in [3.8, 4) is 0 Å². The molecule has 0 heterocycles. The Morgan fingerprint density at radius 2 is 1.21 bits per heavy atom. The van der Waals surface area contributed by atoms with E-state index in [1.54, 1.807) is 0 Å². The smallest absolute Gasteiger partial charge is 0.0349 e. The highest BCUT2D eigenvalue weighted by Gasteiger charge is 2.19. The van der Waals surface area contributed by atoms with Gasteiger partial charge < -0.3 is 0 Å². The van der Waals surface area contributed by atoms with Gasteiger partial charge in [-0.05, 0) is 67.1 Å². The Kier molecular flexibility index (Phi) is 2.09. The molecule has 3 rings (SSSR count). The zero-order valence-corrected chi connectivity index (χ0v) is 11.5. The van der Waals surface area contributed by atoms with E-state index in [-0.39, 0.29) is 0 Å². The predicted octanol–water partition coefficient (Wildman–Crippen LogP) is 4.85. The normalized spacial score (nSPS) is 14.1. The minimum absolute atomic E-state index is 1.35. The van der Waals surface area contributed by atoms with Gasteiger partial charge >= 0.3 is 0 Å². The molecule has 2 heteroatoms. The van der Waals surface area contributed by atoms with Crippen LogP contribution in [0.15, 0.2) is 36.4 Å². The van der Waals surface area contributed by atoms with Crippen molar-refractivity contribution in [1.82, 2.24) is 0 Å². The molecule has 0 N–H and O–H groups in total. The van der Waals surface area contributed by atoms with E-state index in [2.05, 4.69) is 81.6 Å². The number of halogens is 2. The monoisotopic (exact) mass is 404 g/mol. The Labute approximate surface area is 110 Å². The van der Waals surface area contributed by atoms with Gasteiger partial charge in [-0.15, -0.1) is 0 Å². The highest BCUT2D eigenvalue weighted by Crippen LogP contribution is 2.47. The van der Waals surface area contributed by atoms with Crippen LogP contribution in [-0.4, -0.2) is 0 Å². The van der Waals surface area contributed by atoms with Crippen molar-refractivity contribution in [2.24, 2.45) is 0 Å². The maximum atomic E-state index is 2.44. The van der Waals surface area contributed by atoms with Gasteiger partial charge in [-0.1, -0.05) is 36.4 Å². The predicted molar refractivity (Wildman–Crippen MR) is 78.8 cm³/mol. The molecule has 0 aromatic heterocycles. The van der Waals surface area contributed by atoms with E-state index in [1.807, 2.05) is 0 Å². The van der Waals surface area contributed by atoms with Crippen LogP contribution in [-0.2, 0) is 0 Å². The Morgan fingerprint density at radius 3 is 1.71 bits per heavy atom. The van der Waals surface area contributed by atoms with Crippen molar-refractivity contribution < 1.29 is 0 Å². The number of hydrogen-bond acceptors (Lipinski definition) is 0. The second kappa shape index (κ2) is 3.20. The Balaban J connectivity index is 2.59. The third kappa shape index (κ3) is 1.10. The zero-order chi connectivity index (χ0) is 9.71. The second-order valence-corrected chi connectivity index (χ2v) is 5.49. The van der Waals surface area contributed by atoms with Crippen molar-refractivity contribution in [2.75, 3.05) is 0 Å². The van der Waals surface area contributed by atoms with Crippen molar-refractivity contribution in [2.45, 2.75) is 0 Å². The highest BCUT2D eigenvalue weighted by molar-refractivity contribution is 14.1. The standard InChI is InChI=1S/C12H6I2/c13-11-8-5-1-3-7-4-2-6-9(10(7)8)12(11)14/h1-6H. The molecule has 1 aliphatic rings. The van der Waals surface area contributed by atoms with Crippen molar-refractivity contribution in [3.63, 3.8) is 0 Å². The van der Waals surface area contributed by atoms with Gasteiger partial charge in [0.05, 0.1) is 0 Å². The van der Waals surface area contributed by atoms with Crippen LogP contribution in [0.2, 0.25) is 0 Å². The van der Waals surface area contributed by atoms with Crippen LogP contribution in [0.5, 0.6) is 0 Å². The summed E-state index contributed by atoms with van der Waals surface area (Å²) >= 11 is 4.87. The van der Waals surface area contributed by atoms with E-state index in [1.165, 1.54) is 29.1 Å². The molecule has 0 atom stereocenters. The Hall–Kier alpha value is -0.100. The summed E-state index contributed by atoms with van der Waals surface area (Å²) in [5, 5.41) is 2.77. The molecule has 14 heavy (non-hydrogen) atoms. The fourth-order valence-electron chi connectivity index (χ4n) is 1.94. The first-order valence-electron chi connectivity index (χ1n) is 4.37. The van der Waals surface area contributed by atoms with Crippen LogP contribution in [0.3, 0.4) is 0 Å². The summed E-state index contributed by atoms with van der Waals surface area (Å²) in [6.07, 6.45) is 0. The molecule has 0 nitrogen and oxygen atoms in total. The third-order valence-electron chi connectivity index (χ3n) is 2.57. The van der Waals surface area contributed by atoms with E-state index < -0.39 is 0 Å². The molecule has 0 saturated carbocycles. The molecule has 2 aromatic carbocycles. The highest BCUT2D eigenvalue weighted by atomic mass is 127. The summed E-state index contributed by atoms with van der Waals surface area (Å²) in [7, 11) is 0. The summed E-state index contributed by atoms with van der Waals surface area (Å²) in [4.78, 5) is 0. The second-order valence-electron chi connectivity index (χ2n) is 3.34. The average Bonchev–Trinajstić information content (AvgIpc) is 2.47. The number of rotatable bonds is 0. The van der Waals surface area contributed by atoms with Gasteiger partial charge in [0.15, 0.2) is 0 Å². The molecule has 2 aromatic rings. The topological polar surface area (TPSA) is 0 Å². The van der Waals surface area contributed by atoms with Crippen molar-refractivity contribution >= 4 is 63.1 Å². The lowest BCUT2D eigenvalue weighted by atomic mass is 10.0. The van der Waals surface area contributed by atoms with Gasteiger partial charge in [-0.25, -0.2) is 0 Å². The van der Waals surface area contributed by atoms with Gasteiger partial charge in [0.2, 0.25) is 0 Å². The molecule has 0 bridgehead atoms. The minimum Gasteiger partial charge on any atom is -0.0610 e. The van der Waals surface area contributed by atoms with E-state index in [9.17, 15) is 0 Å². The van der Waals surface area contributed by atoms with Gasteiger partial charge in [-0.3, -0.25) is 0 Å².